The van der Waals surface area contributed by atoms with Gasteiger partial charge < -0.3 is 9.47 Å². The SMILES string of the molecule is CCOc1cc(/C=C2/SC(=O)N(c3ccc(Cl)cc3)C2=O)cc(Br)c1OCc1ccc(Cl)cc1. The lowest BCUT2D eigenvalue weighted by atomic mass is 10.1. The molecule has 0 aliphatic carbocycles. The van der Waals surface area contributed by atoms with Gasteiger partial charge in [-0.3, -0.25) is 9.59 Å². The predicted molar refractivity (Wildman–Crippen MR) is 141 cm³/mol. The van der Waals surface area contributed by atoms with Gasteiger partial charge in [0.25, 0.3) is 11.1 Å². The maximum atomic E-state index is 13.0. The van der Waals surface area contributed by atoms with E-state index in [2.05, 4.69) is 15.9 Å². The fraction of sp³-hybridized carbons (Fsp3) is 0.120. The molecule has 4 rings (SSSR count). The van der Waals surface area contributed by atoms with Crippen LogP contribution < -0.4 is 14.4 Å². The zero-order valence-electron chi connectivity index (χ0n) is 17.9. The topological polar surface area (TPSA) is 55.8 Å². The Balaban J connectivity index is 1.59. The molecule has 0 N–H and O–H groups in total. The summed E-state index contributed by atoms with van der Waals surface area (Å²) in [4.78, 5) is 26.9. The lowest BCUT2D eigenvalue weighted by Crippen LogP contribution is -2.27. The predicted octanol–water partition coefficient (Wildman–Crippen LogP) is 7.97. The number of benzene rings is 3. The maximum absolute atomic E-state index is 13.0. The van der Waals surface area contributed by atoms with Gasteiger partial charge in [-0.25, -0.2) is 4.90 Å². The Labute approximate surface area is 219 Å². The van der Waals surface area contributed by atoms with Gasteiger partial charge in [0.05, 0.1) is 21.7 Å². The second kappa shape index (κ2) is 10.9. The van der Waals surface area contributed by atoms with Gasteiger partial charge in [0.1, 0.15) is 6.61 Å². The summed E-state index contributed by atoms with van der Waals surface area (Å²) in [5, 5.41) is 0.813. The highest BCUT2D eigenvalue weighted by Crippen LogP contribution is 2.40. The van der Waals surface area contributed by atoms with Crippen molar-refractivity contribution >= 4 is 73.8 Å². The van der Waals surface area contributed by atoms with Crippen molar-refractivity contribution in [3.8, 4) is 11.5 Å². The smallest absolute Gasteiger partial charge is 0.298 e. The number of carbonyl (C=O) groups is 2. The molecular weight excluding hydrogens is 561 g/mol. The van der Waals surface area contributed by atoms with Crippen LogP contribution in [0, 0.1) is 0 Å². The third-order valence-electron chi connectivity index (χ3n) is 4.80. The van der Waals surface area contributed by atoms with Crippen LogP contribution in [-0.2, 0) is 11.4 Å². The Bertz CT molecular complexity index is 1260. The third-order valence-corrected chi connectivity index (χ3v) is 6.77. The van der Waals surface area contributed by atoms with Crippen molar-refractivity contribution in [1.82, 2.24) is 0 Å². The normalized spacial score (nSPS) is 14.7. The number of hydrogen-bond acceptors (Lipinski definition) is 5. The molecule has 1 fully saturated rings. The van der Waals surface area contributed by atoms with Crippen LogP contribution in [0.5, 0.6) is 11.5 Å². The van der Waals surface area contributed by atoms with E-state index in [4.69, 9.17) is 32.7 Å². The van der Waals surface area contributed by atoms with Gasteiger partial charge in [-0.05, 0) is 100 Å². The molecule has 3 aromatic rings. The van der Waals surface area contributed by atoms with Crippen LogP contribution in [0.1, 0.15) is 18.1 Å². The average Bonchev–Trinajstić information content (AvgIpc) is 3.08. The first-order valence-electron chi connectivity index (χ1n) is 10.2. The summed E-state index contributed by atoms with van der Waals surface area (Å²) < 4.78 is 12.5. The van der Waals surface area contributed by atoms with E-state index in [0.29, 0.717) is 55.4 Å². The molecule has 0 radical (unpaired) electrons. The summed E-state index contributed by atoms with van der Waals surface area (Å²) in [5.41, 5.74) is 2.12. The van der Waals surface area contributed by atoms with Crippen LogP contribution in [0.2, 0.25) is 10.0 Å². The molecule has 3 aromatic carbocycles. The number of halogens is 3. The summed E-state index contributed by atoms with van der Waals surface area (Å²) >= 11 is 16.3. The first-order valence-corrected chi connectivity index (χ1v) is 12.6. The van der Waals surface area contributed by atoms with Crippen LogP contribution in [0.15, 0.2) is 70.0 Å². The lowest BCUT2D eigenvalue weighted by Gasteiger charge is -2.15. The quantitative estimate of drug-likeness (QED) is 0.266. The number of ether oxygens (including phenoxy) is 2. The van der Waals surface area contributed by atoms with E-state index in [9.17, 15) is 9.59 Å². The van der Waals surface area contributed by atoms with Gasteiger partial charge >= 0.3 is 0 Å². The van der Waals surface area contributed by atoms with E-state index in [0.717, 1.165) is 22.2 Å². The molecule has 1 aliphatic rings. The van der Waals surface area contributed by atoms with Crippen LogP contribution in [-0.4, -0.2) is 17.8 Å². The molecular formula is C25H18BrCl2NO4S. The molecule has 1 aliphatic heterocycles. The fourth-order valence-electron chi connectivity index (χ4n) is 3.24. The van der Waals surface area contributed by atoms with Gasteiger partial charge in [-0.15, -0.1) is 0 Å². The molecule has 0 spiro atoms. The Kier molecular flexibility index (Phi) is 7.88. The van der Waals surface area contributed by atoms with Gasteiger partial charge in [0.2, 0.25) is 0 Å². The number of hydrogen-bond donors (Lipinski definition) is 0. The van der Waals surface area contributed by atoms with Crippen LogP contribution in [0.4, 0.5) is 10.5 Å². The van der Waals surface area contributed by atoms with Crippen molar-refractivity contribution in [3.05, 3.63) is 91.2 Å². The first kappa shape index (κ1) is 24.7. The molecule has 0 unspecified atom stereocenters. The molecule has 0 atom stereocenters. The number of carbonyl (C=O) groups excluding carboxylic acids is 2. The highest BCUT2D eigenvalue weighted by Gasteiger charge is 2.36. The van der Waals surface area contributed by atoms with Crippen LogP contribution in [0.25, 0.3) is 6.08 Å². The molecule has 2 amide bonds. The Morgan fingerprint density at radius 3 is 2.26 bits per heavy atom. The molecule has 174 valence electrons. The van der Waals surface area contributed by atoms with E-state index in [1.807, 2.05) is 25.1 Å². The second-order valence-electron chi connectivity index (χ2n) is 7.17. The van der Waals surface area contributed by atoms with Crippen molar-refractivity contribution in [1.29, 1.82) is 0 Å². The lowest BCUT2D eigenvalue weighted by molar-refractivity contribution is -0.113. The van der Waals surface area contributed by atoms with Gasteiger partial charge in [-0.1, -0.05) is 35.3 Å². The summed E-state index contributed by atoms with van der Waals surface area (Å²) in [7, 11) is 0. The number of thioether (sulfide) groups is 1. The van der Waals surface area contributed by atoms with E-state index >= 15 is 0 Å². The molecule has 1 heterocycles. The van der Waals surface area contributed by atoms with E-state index in [-0.39, 0.29) is 5.24 Å². The fourth-order valence-corrected chi connectivity index (χ4v) is 4.91. The molecule has 0 saturated carbocycles. The second-order valence-corrected chi connectivity index (χ2v) is 9.89. The molecule has 34 heavy (non-hydrogen) atoms. The van der Waals surface area contributed by atoms with Crippen LogP contribution in [0.3, 0.4) is 0 Å². The Morgan fingerprint density at radius 2 is 1.62 bits per heavy atom. The van der Waals surface area contributed by atoms with E-state index in [1.165, 1.54) is 0 Å². The number of rotatable bonds is 7. The van der Waals surface area contributed by atoms with Crippen molar-refractivity contribution in [3.63, 3.8) is 0 Å². The number of anilines is 1. The minimum absolute atomic E-state index is 0.309. The summed E-state index contributed by atoms with van der Waals surface area (Å²) in [6.07, 6.45) is 1.66. The van der Waals surface area contributed by atoms with E-state index in [1.54, 1.807) is 48.5 Å². The minimum Gasteiger partial charge on any atom is -0.490 e. The first-order chi connectivity index (χ1) is 16.4. The standard InChI is InChI=1S/C25H18BrCl2NO4S/c1-2-32-21-12-16(11-20(26)23(21)33-14-15-3-5-17(27)6-4-15)13-22-24(30)29(25(31)34-22)19-9-7-18(28)8-10-19/h3-13H,2,14H2,1H3/b22-13+. The van der Waals surface area contributed by atoms with Crippen molar-refractivity contribution in [2.75, 3.05) is 11.5 Å². The molecule has 1 saturated heterocycles. The van der Waals surface area contributed by atoms with Gasteiger partial charge in [0.15, 0.2) is 11.5 Å². The Morgan fingerprint density at radius 1 is 0.971 bits per heavy atom. The highest BCUT2D eigenvalue weighted by atomic mass is 79.9. The van der Waals surface area contributed by atoms with Gasteiger partial charge in [-0.2, -0.15) is 0 Å². The highest BCUT2D eigenvalue weighted by molar-refractivity contribution is 9.10. The number of amides is 2. The zero-order chi connectivity index (χ0) is 24.2. The molecule has 0 bridgehead atoms. The molecule has 0 aromatic heterocycles. The number of nitrogens with zero attached hydrogens (tertiary/aromatic N) is 1. The Hall–Kier alpha value is -2.45. The van der Waals surface area contributed by atoms with Crippen molar-refractivity contribution in [2.24, 2.45) is 0 Å². The van der Waals surface area contributed by atoms with Crippen molar-refractivity contribution in [2.45, 2.75) is 13.5 Å². The maximum Gasteiger partial charge on any atom is 0.298 e. The van der Waals surface area contributed by atoms with Gasteiger partial charge in [0, 0.05) is 10.0 Å². The van der Waals surface area contributed by atoms with E-state index < -0.39 is 5.91 Å². The minimum atomic E-state index is -0.394. The molecule has 5 nitrogen and oxygen atoms in total. The monoisotopic (exact) mass is 577 g/mol. The summed E-state index contributed by atoms with van der Waals surface area (Å²) in [6, 6.07) is 17.5. The summed E-state index contributed by atoms with van der Waals surface area (Å²) in [6.45, 7) is 2.64. The largest absolute Gasteiger partial charge is 0.490 e. The third kappa shape index (κ3) is 5.61. The van der Waals surface area contributed by atoms with Crippen molar-refractivity contribution < 1.29 is 19.1 Å². The molecule has 9 heteroatoms. The average molecular weight is 579 g/mol. The van der Waals surface area contributed by atoms with Crippen LogP contribution >= 0.6 is 50.9 Å². The number of imide groups is 1. The summed E-state index contributed by atoms with van der Waals surface area (Å²) in [5.74, 6) is 0.673. The zero-order valence-corrected chi connectivity index (χ0v) is 21.8.